The van der Waals surface area contributed by atoms with Crippen LogP contribution in [-0.4, -0.2) is 25.7 Å². The molecular formula is C19H33ClN2O3. The first-order valence-corrected chi connectivity index (χ1v) is 8.48. The van der Waals surface area contributed by atoms with E-state index in [1.807, 2.05) is 39.0 Å². The topological polar surface area (TPSA) is 73.6 Å². The minimum absolute atomic E-state index is 0. The maximum atomic E-state index is 12.1. The standard InChI is InChI=1S/C19H32N2O3.ClH/c1-13(2)9-10-24-15-8-7-14(11-16(15)23-6)12-21-18(22)17(20)19(3,4)5;/h7-8,11,13,17H,9-10,12,20H2,1-6H3,(H,21,22);1H/t17-;/m1./s1. The fourth-order valence-electron chi connectivity index (χ4n) is 2.04. The Morgan fingerprint density at radius 3 is 2.40 bits per heavy atom. The maximum absolute atomic E-state index is 12.1. The Bertz CT molecular complexity index is 542. The number of benzene rings is 1. The predicted octanol–water partition coefficient (Wildman–Crippen LogP) is 3.53. The Kier molecular flexibility index (Phi) is 9.90. The second-order valence-corrected chi connectivity index (χ2v) is 7.58. The number of amides is 1. The lowest BCUT2D eigenvalue weighted by Gasteiger charge is -2.25. The molecule has 144 valence electrons. The van der Waals surface area contributed by atoms with Crippen LogP contribution in [0.2, 0.25) is 0 Å². The van der Waals surface area contributed by atoms with E-state index in [-0.39, 0.29) is 23.7 Å². The first kappa shape index (κ1) is 23.5. The van der Waals surface area contributed by atoms with E-state index in [0.29, 0.717) is 24.8 Å². The summed E-state index contributed by atoms with van der Waals surface area (Å²) in [7, 11) is 1.61. The second kappa shape index (κ2) is 10.5. The minimum Gasteiger partial charge on any atom is -0.493 e. The molecule has 1 atom stereocenters. The molecule has 0 bridgehead atoms. The zero-order valence-electron chi connectivity index (χ0n) is 16.2. The molecule has 3 N–H and O–H groups in total. The minimum atomic E-state index is -0.543. The SMILES string of the molecule is COc1cc(CNC(=O)[C@@H](N)C(C)(C)C)ccc1OCCC(C)C.Cl. The molecule has 0 fully saturated rings. The van der Waals surface area contributed by atoms with Crippen LogP contribution in [0.4, 0.5) is 0 Å². The van der Waals surface area contributed by atoms with Gasteiger partial charge < -0.3 is 20.5 Å². The van der Waals surface area contributed by atoms with Crippen molar-refractivity contribution in [3.05, 3.63) is 23.8 Å². The molecular weight excluding hydrogens is 340 g/mol. The number of rotatable bonds is 8. The van der Waals surface area contributed by atoms with E-state index in [2.05, 4.69) is 19.2 Å². The molecule has 6 heteroatoms. The highest BCUT2D eigenvalue weighted by molar-refractivity contribution is 5.85. The number of hydrogen-bond acceptors (Lipinski definition) is 4. The van der Waals surface area contributed by atoms with Gasteiger partial charge in [-0.25, -0.2) is 0 Å². The zero-order valence-corrected chi connectivity index (χ0v) is 17.0. The first-order valence-electron chi connectivity index (χ1n) is 8.48. The highest BCUT2D eigenvalue weighted by Gasteiger charge is 2.27. The Morgan fingerprint density at radius 2 is 1.88 bits per heavy atom. The van der Waals surface area contributed by atoms with Gasteiger partial charge in [-0.15, -0.1) is 12.4 Å². The van der Waals surface area contributed by atoms with Crippen molar-refractivity contribution in [1.29, 1.82) is 0 Å². The molecule has 1 aromatic carbocycles. The fraction of sp³-hybridized carbons (Fsp3) is 0.632. The predicted molar refractivity (Wildman–Crippen MR) is 104 cm³/mol. The van der Waals surface area contributed by atoms with Gasteiger partial charge in [-0.2, -0.15) is 0 Å². The second-order valence-electron chi connectivity index (χ2n) is 7.58. The zero-order chi connectivity index (χ0) is 18.3. The summed E-state index contributed by atoms with van der Waals surface area (Å²) >= 11 is 0. The number of ether oxygens (including phenoxy) is 2. The van der Waals surface area contributed by atoms with Crippen molar-refractivity contribution in [2.75, 3.05) is 13.7 Å². The van der Waals surface area contributed by atoms with E-state index in [1.54, 1.807) is 7.11 Å². The fourth-order valence-corrected chi connectivity index (χ4v) is 2.04. The van der Waals surface area contributed by atoms with Gasteiger partial charge in [0.05, 0.1) is 19.8 Å². The van der Waals surface area contributed by atoms with Gasteiger partial charge in [0.2, 0.25) is 5.91 Å². The molecule has 5 nitrogen and oxygen atoms in total. The molecule has 0 radical (unpaired) electrons. The molecule has 1 aromatic rings. The molecule has 0 saturated carbocycles. The van der Waals surface area contributed by atoms with Crippen molar-refractivity contribution >= 4 is 18.3 Å². The van der Waals surface area contributed by atoms with Crippen LogP contribution in [-0.2, 0) is 11.3 Å². The number of carbonyl (C=O) groups excluding carboxylic acids is 1. The quantitative estimate of drug-likeness (QED) is 0.732. The van der Waals surface area contributed by atoms with Crippen LogP contribution < -0.4 is 20.5 Å². The summed E-state index contributed by atoms with van der Waals surface area (Å²) in [6, 6.07) is 5.15. The summed E-state index contributed by atoms with van der Waals surface area (Å²) in [5, 5.41) is 2.87. The molecule has 0 unspecified atom stereocenters. The lowest BCUT2D eigenvalue weighted by atomic mass is 9.87. The molecule has 25 heavy (non-hydrogen) atoms. The molecule has 0 saturated heterocycles. The van der Waals surface area contributed by atoms with Crippen LogP contribution in [0.5, 0.6) is 11.5 Å². The Morgan fingerprint density at radius 1 is 1.24 bits per heavy atom. The van der Waals surface area contributed by atoms with Gasteiger partial charge in [-0.05, 0) is 35.4 Å². The van der Waals surface area contributed by atoms with Crippen molar-refractivity contribution in [3.63, 3.8) is 0 Å². The van der Waals surface area contributed by atoms with E-state index in [9.17, 15) is 4.79 Å². The Labute approximate surface area is 158 Å². The summed E-state index contributed by atoms with van der Waals surface area (Å²) in [5.74, 6) is 1.83. The summed E-state index contributed by atoms with van der Waals surface area (Å²) in [6.45, 7) is 11.2. The van der Waals surface area contributed by atoms with E-state index in [0.717, 1.165) is 17.7 Å². The third-order valence-electron chi connectivity index (χ3n) is 3.86. The van der Waals surface area contributed by atoms with Crippen molar-refractivity contribution < 1.29 is 14.3 Å². The number of methoxy groups -OCH3 is 1. The Hall–Kier alpha value is -1.46. The van der Waals surface area contributed by atoms with Crippen LogP contribution >= 0.6 is 12.4 Å². The first-order chi connectivity index (χ1) is 11.1. The van der Waals surface area contributed by atoms with E-state index in [4.69, 9.17) is 15.2 Å². The Balaban J connectivity index is 0.00000576. The number of nitrogens with one attached hydrogen (secondary N) is 1. The molecule has 0 aliphatic heterocycles. The third kappa shape index (κ3) is 7.97. The largest absolute Gasteiger partial charge is 0.493 e. The molecule has 0 spiro atoms. The highest BCUT2D eigenvalue weighted by atomic mass is 35.5. The van der Waals surface area contributed by atoms with Crippen LogP contribution in [0.3, 0.4) is 0 Å². The van der Waals surface area contributed by atoms with Crippen molar-refractivity contribution in [2.24, 2.45) is 17.1 Å². The van der Waals surface area contributed by atoms with E-state index in [1.165, 1.54) is 0 Å². The third-order valence-corrected chi connectivity index (χ3v) is 3.86. The lowest BCUT2D eigenvalue weighted by molar-refractivity contribution is -0.124. The maximum Gasteiger partial charge on any atom is 0.237 e. The monoisotopic (exact) mass is 372 g/mol. The van der Waals surface area contributed by atoms with E-state index >= 15 is 0 Å². The molecule has 0 aromatic heterocycles. The smallest absolute Gasteiger partial charge is 0.237 e. The highest BCUT2D eigenvalue weighted by Crippen LogP contribution is 2.28. The summed E-state index contributed by atoms with van der Waals surface area (Å²) in [4.78, 5) is 12.1. The van der Waals surface area contributed by atoms with Gasteiger partial charge >= 0.3 is 0 Å². The number of carbonyl (C=O) groups is 1. The van der Waals surface area contributed by atoms with Gasteiger partial charge in [0, 0.05) is 6.54 Å². The molecule has 0 aliphatic carbocycles. The average Bonchev–Trinajstić information content (AvgIpc) is 2.51. The van der Waals surface area contributed by atoms with E-state index < -0.39 is 6.04 Å². The summed E-state index contributed by atoms with van der Waals surface area (Å²) in [6.07, 6.45) is 0.992. The van der Waals surface area contributed by atoms with Crippen molar-refractivity contribution in [1.82, 2.24) is 5.32 Å². The van der Waals surface area contributed by atoms with Crippen LogP contribution in [0.1, 0.15) is 46.6 Å². The summed E-state index contributed by atoms with van der Waals surface area (Å²) < 4.78 is 11.2. The van der Waals surface area contributed by atoms with Crippen molar-refractivity contribution in [3.8, 4) is 11.5 Å². The van der Waals surface area contributed by atoms with Crippen molar-refractivity contribution in [2.45, 2.75) is 53.6 Å². The van der Waals surface area contributed by atoms with Crippen LogP contribution in [0.15, 0.2) is 18.2 Å². The lowest BCUT2D eigenvalue weighted by Crippen LogP contribution is -2.48. The van der Waals surface area contributed by atoms with Gasteiger partial charge in [-0.3, -0.25) is 4.79 Å². The molecule has 0 heterocycles. The molecule has 1 amide bonds. The number of halogens is 1. The number of nitrogens with two attached hydrogens (primary N) is 1. The average molecular weight is 373 g/mol. The van der Waals surface area contributed by atoms with Gasteiger partial charge in [-0.1, -0.05) is 40.7 Å². The van der Waals surface area contributed by atoms with Crippen LogP contribution in [0.25, 0.3) is 0 Å². The van der Waals surface area contributed by atoms with Gasteiger partial charge in [0.25, 0.3) is 0 Å². The van der Waals surface area contributed by atoms with Gasteiger partial charge in [0.1, 0.15) is 0 Å². The van der Waals surface area contributed by atoms with Crippen LogP contribution in [0, 0.1) is 11.3 Å². The molecule has 1 rings (SSSR count). The summed E-state index contributed by atoms with van der Waals surface area (Å²) in [5.41, 5.74) is 6.64. The molecule has 0 aliphatic rings. The van der Waals surface area contributed by atoms with Gasteiger partial charge in [0.15, 0.2) is 11.5 Å². The number of hydrogen-bond donors (Lipinski definition) is 2. The normalized spacial score (nSPS) is 12.3.